The average Bonchev–Trinajstić information content (AvgIpc) is 3.44. The number of guanidine groups is 1. The van der Waals surface area contributed by atoms with Gasteiger partial charge in [-0.1, -0.05) is 19.1 Å². The van der Waals surface area contributed by atoms with E-state index in [0.29, 0.717) is 18.0 Å². The van der Waals surface area contributed by atoms with E-state index >= 15 is 0 Å². The van der Waals surface area contributed by atoms with E-state index < -0.39 is 0 Å². The number of aliphatic imine (C=N–C) groups is 1. The topological polar surface area (TPSA) is 48.9 Å². The molecule has 1 saturated carbocycles. The van der Waals surface area contributed by atoms with Gasteiger partial charge in [0.25, 0.3) is 0 Å². The molecule has 1 aromatic carbocycles. The summed E-state index contributed by atoms with van der Waals surface area (Å²) in [6, 6.07) is 10.4. The van der Waals surface area contributed by atoms with Crippen molar-refractivity contribution in [1.29, 1.82) is 0 Å². The van der Waals surface area contributed by atoms with Crippen LogP contribution in [-0.2, 0) is 0 Å². The highest BCUT2D eigenvalue weighted by molar-refractivity contribution is 5.80. The normalized spacial score (nSPS) is 25.2. The molecule has 1 aromatic rings. The van der Waals surface area contributed by atoms with Gasteiger partial charge in [0.2, 0.25) is 0 Å². The minimum absolute atomic E-state index is 0.503. The van der Waals surface area contributed by atoms with E-state index in [2.05, 4.69) is 46.5 Å². The Morgan fingerprint density at radius 3 is 2.65 bits per heavy atom. The van der Waals surface area contributed by atoms with E-state index in [0.717, 1.165) is 37.3 Å². The molecule has 26 heavy (non-hydrogen) atoms. The fourth-order valence-corrected chi connectivity index (χ4v) is 3.97. The van der Waals surface area contributed by atoms with Crippen molar-refractivity contribution in [3.63, 3.8) is 0 Å². The van der Waals surface area contributed by atoms with Crippen LogP contribution in [0.3, 0.4) is 0 Å². The lowest BCUT2D eigenvalue weighted by molar-refractivity contribution is 0.256. The standard InChI is InChI=1S/C21H34N4O/c1-15(17-5-9-20(26-4)10-6-17)11-12-23-21(22-3)24-18-13-16(2)25(14-18)19-7-8-19/h5-6,9-10,15-16,18-19H,7-8,11-14H2,1-4H3,(H2,22,23,24). The van der Waals surface area contributed by atoms with Crippen LogP contribution < -0.4 is 15.4 Å². The number of rotatable bonds is 7. The number of nitrogens with one attached hydrogen (secondary N) is 2. The van der Waals surface area contributed by atoms with Gasteiger partial charge >= 0.3 is 0 Å². The zero-order valence-corrected chi connectivity index (χ0v) is 16.7. The zero-order valence-electron chi connectivity index (χ0n) is 16.7. The minimum atomic E-state index is 0.503. The molecule has 1 aliphatic carbocycles. The third kappa shape index (κ3) is 4.91. The fourth-order valence-electron chi connectivity index (χ4n) is 3.97. The third-order valence-electron chi connectivity index (χ3n) is 5.76. The van der Waals surface area contributed by atoms with Crippen molar-refractivity contribution in [3.05, 3.63) is 29.8 Å². The van der Waals surface area contributed by atoms with Crippen molar-refractivity contribution in [1.82, 2.24) is 15.5 Å². The summed E-state index contributed by atoms with van der Waals surface area (Å²) >= 11 is 0. The summed E-state index contributed by atoms with van der Waals surface area (Å²) in [6.07, 6.45) is 5.04. The summed E-state index contributed by atoms with van der Waals surface area (Å²) in [6.45, 7) is 6.69. The lowest BCUT2D eigenvalue weighted by atomic mass is 9.98. The Morgan fingerprint density at radius 1 is 1.31 bits per heavy atom. The smallest absolute Gasteiger partial charge is 0.191 e. The molecule has 3 atom stereocenters. The Kier molecular flexibility index (Phi) is 6.41. The highest BCUT2D eigenvalue weighted by Gasteiger charge is 2.38. The Bertz CT molecular complexity index is 597. The number of hydrogen-bond donors (Lipinski definition) is 2. The molecule has 0 spiro atoms. The largest absolute Gasteiger partial charge is 0.497 e. The summed E-state index contributed by atoms with van der Waals surface area (Å²) < 4.78 is 5.23. The van der Waals surface area contributed by atoms with Crippen LogP contribution in [0.2, 0.25) is 0 Å². The van der Waals surface area contributed by atoms with Crippen molar-refractivity contribution in [2.75, 3.05) is 27.2 Å². The Hall–Kier alpha value is -1.75. The zero-order chi connectivity index (χ0) is 18.5. The van der Waals surface area contributed by atoms with Crippen LogP contribution in [0.4, 0.5) is 0 Å². The molecule has 1 aliphatic heterocycles. The van der Waals surface area contributed by atoms with E-state index in [-0.39, 0.29) is 0 Å². The lowest BCUT2D eigenvalue weighted by Crippen LogP contribution is -2.45. The first kappa shape index (κ1) is 19.0. The van der Waals surface area contributed by atoms with Gasteiger partial charge < -0.3 is 15.4 Å². The van der Waals surface area contributed by atoms with Crippen LogP contribution in [0, 0.1) is 0 Å². The predicted octanol–water partition coefficient (Wildman–Crippen LogP) is 2.98. The Balaban J connectivity index is 1.41. The molecule has 5 heteroatoms. The van der Waals surface area contributed by atoms with Crippen LogP contribution in [0.5, 0.6) is 5.75 Å². The van der Waals surface area contributed by atoms with Crippen LogP contribution in [0.1, 0.15) is 51.0 Å². The van der Waals surface area contributed by atoms with Gasteiger partial charge in [-0.2, -0.15) is 0 Å². The van der Waals surface area contributed by atoms with E-state index in [1.54, 1.807) is 7.11 Å². The van der Waals surface area contributed by atoms with Crippen molar-refractivity contribution in [2.45, 2.75) is 63.6 Å². The van der Waals surface area contributed by atoms with Gasteiger partial charge in [-0.05, 0) is 56.2 Å². The van der Waals surface area contributed by atoms with Gasteiger partial charge in [-0.15, -0.1) is 0 Å². The quantitative estimate of drug-likeness (QED) is 0.581. The lowest BCUT2D eigenvalue weighted by Gasteiger charge is -2.20. The Morgan fingerprint density at radius 2 is 2.04 bits per heavy atom. The Labute approximate surface area is 158 Å². The molecular weight excluding hydrogens is 324 g/mol. The van der Waals surface area contributed by atoms with Gasteiger partial charge in [0.05, 0.1) is 7.11 Å². The molecule has 3 rings (SSSR count). The van der Waals surface area contributed by atoms with Crippen molar-refractivity contribution in [2.24, 2.45) is 4.99 Å². The maximum atomic E-state index is 5.23. The molecule has 5 nitrogen and oxygen atoms in total. The molecule has 0 radical (unpaired) electrons. The summed E-state index contributed by atoms with van der Waals surface area (Å²) in [5.74, 6) is 2.35. The monoisotopic (exact) mass is 358 g/mol. The fraction of sp³-hybridized carbons (Fsp3) is 0.667. The second-order valence-corrected chi connectivity index (χ2v) is 7.82. The molecule has 1 saturated heterocycles. The second kappa shape index (κ2) is 8.76. The summed E-state index contributed by atoms with van der Waals surface area (Å²) in [7, 11) is 3.56. The highest BCUT2D eigenvalue weighted by atomic mass is 16.5. The molecule has 0 aromatic heterocycles. The molecule has 3 unspecified atom stereocenters. The summed E-state index contributed by atoms with van der Waals surface area (Å²) in [5.41, 5.74) is 1.35. The first-order chi connectivity index (χ1) is 12.6. The maximum Gasteiger partial charge on any atom is 0.191 e. The molecule has 0 bridgehead atoms. The second-order valence-electron chi connectivity index (χ2n) is 7.82. The molecule has 2 N–H and O–H groups in total. The first-order valence-corrected chi connectivity index (χ1v) is 9.97. The molecule has 2 aliphatic rings. The van der Waals surface area contributed by atoms with Gasteiger partial charge in [0.1, 0.15) is 5.75 Å². The molecule has 2 fully saturated rings. The van der Waals surface area contributed by atoms with Gasteiger partial charge in [-0.25, -0.2) is 0 Å². The van der Waals surface area contributed by atoms with E-state index in [1.807, 2.05) is 19.2 Å². The molecule has 0 amide bonds. The minimum Gasteiger partial charge on any atom is -0.497 e. The summed E-state index contributed by atoms with van der Waals surface area (Å²) in [5, 5.41) is 7.11. The van der Waals surface area contributed by atoms with E-state index in [9.17, 15) is 0 Å². The van der Waals surface area contributed by atoms with E-state index in [1.165, 1.54) is 24.8 Å². The highest BCUT2D eigenvalue weighted by Crippen LogP contribution is 2.33. The number of nitrogens with zero attached hydrogens (tertiary/aromatic N) is 2. The molecular formula is C21H34N4O. The molecule has 1 heterocycles. The predicted molar refractivity (Wildman–Crippen MR) is 108 cm³/mol. The SMILES string of the molecule is CN=C(NCCC(C)c1ccc(OC)cc1)NC1CC(C)N(C2CC2)C1. The number of likely N-dealkylation sites (tertiary alicyclic amines) is 1. The van der Waals surface area contributed by atoms with Gasteiger partial charge in [-0.3, -0.25) is 9.89 Å². The maximum absolute atomic E-state index is 5.23. The third-order valence-corrected chi connectivity index (χ3v) is 5.76. The number of methoxy groups -OCH3 is 1. The number of hydrogen-bond acceptors (Lipinski definition) is 3. The molecule has 144 valence electrons. The van der Waals surface area contributed by atoms with Gasteiger partial charge in [0.15, 0.2) is 5.96 Å². The van der Waals surface area contributed by atoms with Crippen LogP contribution in [0.25, 0.3) is 0 Å². The van der Waals surface area contributed by atoms with Crippen molar-refractivity contribution < 1.29 is 4.74 Å². The average molecular weight is 359 g/mol. The van der Waals surface area contributed by atoms with Crippen molar-refractivity contribution >= 4 is 5.96 Å². The van der Waals surface area contributed by atoms with Crippen molar-refractivity contribution in [3.8, 4) is 5.75 Å². The number of benzene rings is 1. The van der Waals surface area contributed by atoms with Gasteiger partial charge in [0, 0.05) is 38.3 Å². The van der Waals surface area contributed by atoms with Crippen LogP contribution in [-0.4, -0.2) is 56.2 Å². The van der Waals surface area contributed by atoms with Crippen LogP contribution in [0.15, 0.2) is 29.3 Å². The van der Waals surface area contributed by atoms with Crippen LogP contribution >= 0.6 is 0 Å². The van der Waals surface area contributed by atoms with E-state index in [4.69, 9.17) is 4.74 Å². The number of ether oxygens (including phenoxy) is 1. The first-order valence-electron chi connectivity index (χ1n) is 9.97. The summed E-state index contributed by atoms with van der Waals surface area (Å²) in [4.78, 5) is 7.08.